The normalized spacial score (nSPS) is 11.6. The molecule has 0 aromatic heterocycles. The second-order valence-electron chi connectivity index (χ2n) is 4.46. The van der Waals surface area contributed by atoms with Gasteiger partial charge in [-0.25, -0.2) is 8.42 Å². The summed E-state index contributed by atoms with van der Waals surface area (Å²) in [6.45, 7) is 3.03. The fraction of sp³-hybridized carbons (Fsp3) is 0.500. The predicted octanol–water partition coefficient (Wildman–Crippen LogP) is 2.54. The molecule has 0 radical (unpaired) electrons. The zero-order valence-corrected chi connectivity index (χ0v) is 12.8. The molecule has 0 aliphatic carbocycles. The van der Waals surface area contributed by atoms with Crippen LogP contribution in [0.3, 0.4) is 0 Å². The molecule has 0 atom stereocenters. The van der Waals surface area contributed by atoms with Crippen molar-refractivity contribution in [2.75, 3.05) is 12.4 Å². The van der Waals surface area contributed by atoms with Gasteiger partial charge in [-0.15, -0.1) is 11.6 Å². The van der Waals surface area contributed by atoms with Crippen LogP contribution in [-0.2, 0) is 15.7 Å². The van der Waals surface area contributed by atoms with E-state index in [1.807, 2.05) is 0 Å². The average Bonchev–Trinajstić information content (AvgIpc) is 2.38. The number of halogens is 1. The van der Waals surface area contributed by atoms with E-state index in [1.54, 1.807) is 19.9 Å². The summed E-state index contributed by atoms with van der Waals surface area (Å²) in [7, 11) is -3.23. The first-order valence-electron chi connectivity index (χ1n) is 5.95. The highest BCUT2D eigenvalue weighted by Crippen LogP contribution is 2.28. The standard InChI is InChI=1S/C12H16ClNO5S/c1-9(2)20(17,18)6-5-19-12-4-3-10(8-13)7-11(12)14(15)16/h3-4,7,9H,5-6,8H2,1-2H3. The number of benzene rings is 1. The lowest BCUT2D eigenvalue weighted by Crippen LogP contribution is -2.22. The Bertz CT molecular complexity index is 586. The molecule has 0 aliphatic heterocycles. The first kappa shape index (κ1) is 16.7. The molecule has 0 unspecified atom stereocenters. The Labute approximate surface area is 122 Å². The maximum Gasteiger partial charge on any atom is 0.311 e. The summed E-state index contributed by atoms with van der Waals surface area (Å²) in [5.74, 6) is 0.0184. The third-order valence-electron chi connectivity index (χ3n) is 2.72. The maximum atomic E-state index is 11.6. The van der Waals surface area contributed by atoms with Crippen LogP contribution in [0.25, 0.3) is 0 Å². The largest absolute Gasteiger partial charge is 0.486 e. The van der Waals surface area contributed by atoms with E-state index in [4.69, 9.17) is 16.3 Å². The molecule has 1 aromatic rings. The molecule has 1 rings (SSSR count). The van der Waals surface area contributed by atoms with Gasteiger partial charge in [0, 0.05) is 11.9 Å². The van der Waals surface area contributed by atoms with E-state index in [2.05, 4.69) is 0 Å². The minimum atomic E-state index is -3.23. The maximum absolute atomic E-state index is 11.6. The molecule has 0 saturated heterocycles. The molecule has 0 saturated carbocycles. The molecule has 0 N–H and O–H groups in total. The van der Waals surface area contributed by atoms with Gasteiger partial charge in [0.15, 0.2) is 15.6 Å². The van der Waals surface area contributed by atoms with Gasteiger partial charge in [-0.1, -0.05) is 6.07 Å². The molecular formula is C12H16ClNO5S. The van der Waals surface area contributed by atoms with E-state index in [0.717, 1.165) is 0 Å². The first-order valence-corrected chi connectivity index (χ1v) is 8.20. The van der Waals surface area contributed by atoms with E-state index in [-0.39, 0.29) is 29.7 Å². The van der Waals surface area contributed by atoms with Gasteiger partial charge < -0.3 is 4.74 Å². The number of rotatable bonds is 7. The molecule has 6 nitrogen and oxygen atoms in total. The number of nitro groups is 1. The van der Waals surface area contributed by atoms with Crippen LogP contribution in [0, 0.1) is 10.1 Å². The average molecular weight is 322 g/mol. The molecule has 112 valence electrons. The van der Waals surface area contributed by atoms with Crippen LogP contribution in [0.5, 0.6) is 5.75 Å². The van der Waals surface area contributed by atoms with Crippen molar-refractivity contribution in [3.05, 3.63) is 33.9 Å². The van der Waals surface area contributed by atoms with Gasteiger partial charge in [-0.2, -0.15) is 0 Å². The van der Waals surface area contributed by atoms with Crippen molar-refractivity contribution in [1.29, 1.82) is 0 Å². The molecule has 20 heavy (non-hydrogen) atoms. The molecular weight excluding hydrogens is 306 g/mol. The fourth-order valence-electron chi connectivity index (χ4n) is 1.41. The molecule has 0 bridgehead atoms. The van der Waals surface area contributed by atoms with Gasteiger partial charge in [0.05, 0.1) is 15.9 Å². The summed E-state index contributed by atoms with van der Waals surface area (Å²) >= 11 is 5.61. The smallest absolute Gasteiger partial charge is 0.311 e. The van der Waals surface area contributed by atoms with E-state index in [0.29, 0.717) is 5.56 Å². The van der Waals surface area contributed by atoms with Crippen LogP contribution in [0.4, 0.5) is 5.69 Å². The van der Waals surface area contributed by atoms with E-state index in [9.17, 15) is 18.5 Å². The molecule has 0 aliphatic rings. The summed E-state index contributed by atoms with van der Waals surface area (Å²) in [5, 5.41) is 10.4. The first-order chi connectivity index (χ1) is 9.27. The minimum absolute atomic E-state index is 0.0443. The SMILES string of the molecule is CC(C)S(=O)(=O)CCOc1ccc(CCl)cc1[N+](=O)[O-]. The lowest BCUT2D eigenvalue weighted by molar-refractivity contribution is -0.385. The Morgan fingerprint density at radius 3 is 2.55 bits per heavy atom. The van der Waals surface area contributed by atoms with Crippen LogP contribution < -0.4 is 4.74 Å². The van der Waals surface area contributed by atoms with Gasteiger partial charge in [-0.05, 0) is 25.5 Å². The highest BCUT2D eigenvalue weighted by Gasteiger charge is 2.19. The summed E-state index contributed by atoms with van der Waals surface area (Å²) in [6, 6.07) is 4.35. The highest BCUT2D eigenvalue weighted by molar-refractivity contribution is 7.91. The van der Waals surface area contributed by atoms with Gasteiger partial charge in [0.2, 0.25) is 0 Å². The van der Waals surface area contributed by atoms with Crippen LogP contribution >= 0.6 is 11.6 Å². The second-order valence-corrected chi connectivity index (χ2v) is 7.40. The third kappa shape index (κ3) is 4.35. The van der Waals surface area contributed by atoms with Gasteiger partial charge >= 0.3 is 5.69 Å². The highest BCUT2D eigenvalue weighted by atomic mass is 35.5. The Hall–Kier alpha value is -1.34. The van der Waals surface area contributed by atoms with Crippen LogP contribution in [0.2, 0.25) is 0 Å². The van der Waals surface area contributed by atoms with Crippen molar-refractivity contribution in [2.24, 2.45) is 0 Å². The third-order valence-corrected chi connectivity index (χ3v) is 5.20. The number of alkyl halides is 1. The summed E-state index contributed by atoms with van der Waals surface area (Å²) < 4.78 is 28.4. The molecule has 0 amide bonds. The molecule has 0 spiro atoms. The molecule has 1 aromatic carbocycles. The number of sulfone groups is 1. The number of hydrogen-bond donors (Lipinski definition) is 0. The summed E-state index contributed by atoms with van der Waals surface area (Å²) in [6.07, 6.45) is 0. The fourth-order valence-corrected chi connectivity index (χ4v) is 2.37. The molecule has 8 heteroatoms. The Kier molecular flexibility index (Phi) is 5.76. The number of nitro benzene ring substituents is 1. The van der Waals surface area contributed by atoms with Gasteiger partial charge in [0.25, 0.3) is 0 Å². The number of hydrogen-bond acceptors (Lipinski definition) is 5. The second kappa shape index (κ2) is 6.90. The van der Waals surface area contributed by atoms with Crippen molar-refractivity contribution in [1.82, 2.24) is 0 Å². The van der Waals surface area contributed by atoms with E-state index < -0.39 is 20.0 Å². The molecule has 0 heterocycles. The van der Waals surface area contributed by atoms with Crippen molar-refractivity contribution >= 4 is 27.1 Å². The van der Waals surface area contributed by atoms with Crippen molar-refractivity contribution < 1.29 is 18.1 Å². The molecule has 0 fully saturated rings. The lowest BCUT2D eigenvalue weighted by atomic mass is 10.2. The van der Waals surface area contributed by atoms with Crippen molar-refractivity contribution in [3.63, 3.8) is 0 Å². The number of nitrogens with zero attached hydrogens (tertiary/aromatic N) is 1. The topological polar surface area (TPSA) is 86.5 Å². The van der Waals surface area contributed by atoms with Gasteiger partial charge in [0.1, 0.15) is 6.61 Å². The van der Waals surface area contributed by atoms with E-state index >= 15 is 0 Å². The monoisotopic (exact) mass is 321 g/mol. The number of ether oxygens (including phenoxy) is 1. The van der Waals surface area contributed by atoms with Crippen LogP contribution in [-0.4, -0.2) is 31.0 Å². The van der Waals surface area contributed by atoms with Gasteiger partial charge in [-0.3, -0.25) is 10.1 Å². The van der Waals surface area contributed by atoms with Crippen molar-refractivity contribution in [2.45, 2.75) is 25.0 Å². The lowest BCUT2D eigenvalue weighted by Gasteiger charge is -2.10. The Balaban J connectivity index is 2.81. The van der Waals surface area contributed by atoms with Crippen LogP contribution in [0.1, 0.15) is 19.4 Å². The quantitative estimate of drug-likeness (QED) is 0.437. The Morgan fingerprint density at radius 1 is 1.40 bits per heavy atom. The zero-order chi connectivity index (χ0) is 15.3. The summed E-state index contributed by atoms with van der Waals surface area (Å²) in [4.78, 5) is 10.3. The minimum Gasteiger partial charge on any atom is -0.486 e. The Morgan fingerprint density at radius 2 is 2.05 bits per heavy atom. The predicted molar refractivity (Wildman–Crippen MR) is 77.1 cm³/mol. The van der Waals surface area contributed by atoms with Crippen molar-refractivity contribution in [3.8, 4) is 5.75 Å². The van der Waals surface area contributed by atoms with E-state index in [1.165, 1.54) is 12.1 Å². The zero-order valence-electron chi connectivity index (χ0n) is 11.2. The summed E-state index contributed by atoms with van der Waals surface area (Å²) in [5.41, 5.74) is 0.380. The van der Waals surface area contributed by atoms with Crippen LogP contribution in [0.15, 0.2) is 18.2 Å².